The van der Waals surface area contributed by atoms with Crippen molar-refractivity contribution in [2.24, 2.45) is 0 Å². The van der Waals surface area contributed by atoms with Gasteiger partial charge in [-0.15, -0.1) is 0 Å². The van der Waals surface area contributed by atoms with Crippen LogP contribution in [0.25, 0.3) is 0 Å². The van der Waals surface area contributed by atoms with Gasteiger partial charge >= 0.3 is 5.97 Å². The van der Waals surface area contributed by atoms with Gasteiger partial charge < -0.3 is 4.74 Å². The third-order valence-corrected chi connectivity index (χ3v) is 2.80. The number of benzene rings is 1. The van der Waals surface area contributed by atoms with Crippen molar-refractivity contribution in [1.82, 2.24) is 0 Å². The molecule has 16 heavy (non-hydrogen) atoms. The van der Waals surface area contributed by atoms with Crippen LogP contribution in [0.5, 0.6) is 0 Å². The van der Waals surface area contributed by atoms with E-state index in [0.29, 0.717) is 10.0 Å². The molecule has 0 aromatic heterocycles. The molecular weight excluding hydrogens is 279 g/mol. The van der Waals surface area contributed by atoms with E-state index in [-0.39, 0.29) is 5.78 Å². The zero-order valence-corrected chi connectivity index (χ0v) is 10.4. The highest BCUT2D eigenvalue weighted by molar-refractivity contribution is 9.10. The van der Waals surface area contributed by atoms with Crippen LogP contribution in [-0.2, 0) is 14.3 Å². The molecule has 0 aliphatic carbocycles. The van der Waals surface area contributed by atoms with Gasteiger partial charge in [-0.05, 0) is 24.6 Å². The van der Waals surface area contributed by atoms with E-state index in [9.17, 15) is 14.0 Å². The molecule has 5 heteroatoms. The van der Waals surface area contributed by atoms with Gasteiger partial charge in [0, 0.05) is 4.47 Å². The molecule has 0 amide bonds. The van der Waals surface area contributed by atoms with E-state index in [2.05, 4.69) is 20.7 Å². The molecule has 1 aromatic carbocycles. The number of Topliss-reactive ketones (excluding diaryl/α,β-unsaturated/α-hetero) is 1. The minimum absolute atomic E-state index is 0.348. The molecule has 0 fully saturated rings. The number of esters is 1. The smallest absolute Gasteiger partial charge is 0.320 e. The van der Waals surface area contributed by atoms with Crippen molar-refractivity contribution < 1.29 is 18.7 Å². The lowest BCUT2D eigenvalue weighted by Crippen LogP contribution is -2.21. The first-order valence-corrected chi connectivity index (χ1v) is 5.30. The summed E-state index contributed by atoms with van der Waals surface area (Å²) in [6.07, 6.45) is 0. The number of ether oxygens (including phenoxy) is 1. The average Bonchev–Trinajstić information content (AvgIpc) is 2.21. The Morgan fingerprint density at radius 2 is 2.06 bits per heavy atom. The summed E-state index contributed by atoms with van der Waals surface area (Å²) in [7, 11) is 1.20. The Morgan fingerprint density at radius 1 is 1.44 bits per heavy atom. The SMILES string of the molecule is COC(=O)[C@H](C(C)=O)c1ccc(F)cc1Br. The molecule has 0 radical (unpaired) electrons. The summed E-state index contributed by atoms with van der Waals surface area (Å²) in [5.41, 5.74) is 0.403. The topological polar surface area (TPSA) is 43.4 Å². The van der Waals surface area contributed by atoms with Crippen LogP contribution in [0.4, 0.5) is 4.39 Å². The van der Waals surface area contributed by atoms with Gasteiger partial charge in [-0.25, -0.2) is 4.39 Å². The molecule has 3 nitrogen and oxygen atoms in total. The van der Waals surface area contributed by atoms with Crippen molar-refractivity contribution in [3.63, 3.8) is 0 Å². The Morgan fingerprint density at radius 3 is 2.50 bits per heavy atom. The fraction of sp³-hybridized carbons (Fsp3) is 0.273. The summed E-state index contributed by atoms with van der Waals surface area (Å²) in [6, 6.07) is 3.79. The number of carbonyl (C=O) groups excluding carboxylic acids is 2. The molecule has 1 aromatic rings. The van der Waals surface area contributed by atoms with Crippen LogP contribution in [-0.4, -0.2) is 18.9 Å². The number of carbonyl (C=O) groups is 2. The number of rotatable bonds is 3. The van der Waals surface area contributed by atoms with Crippen molar-refractivity contribution in [3.05, 3.63) is 34.1 Å². The van der Waals surface area contributed by atoms with Gasteiger partial charge in [0.05, 0.1) is 7.11 Å². The number of methoxy groups -OCH3 is 1. The molecular formula is C11H10BrFO3. The van der Waals surface area contributed by atoms with Crippen molar-refractivity contribution >= 4 is 27.7 Å². The fourth-order valence-electron chi connectivity index (χ4n) is 1.37. The number of halogens is 2. The van der Waals surface area contributed by atoms with Crippen LogP contribution < -0.4 is 0 Å². The van der Waals surface area contributed by atoms with Crippen LogP contribution in [0.1, 0.15) is 18.4 Å². The van der Waals surface area contributed by atoms with Crippen LogP contribution in [0.2, 0.25) is 0 Å². The minimum Gasteiger partial charge on any atom is -0.468 e. The van der Waals surface area contributed by atoms with Gasteiger partial charge in [-0.1, -0.05) is 22.0 Å². The Labute approximate surface area is 101 Å². The maximum absolute atomic E-state index is 12.9. The van der Waals surface area contributed by atoms with E-state index in [1.807, 2.05) is 0 Å². The van der Waals surface area contributed by atoms with Gasteiger partial charge in [0.25, 0.3) is 0 Å². The average molecular weight is 289 g/mol. The standard InChI is InChI=1S/C11H10BrFO3/c1-6(14)10(11(15)16-2)8-4-3-7(13)5-9(8)12/h3-5,10H,1-2H3/t10-/m1/s1. The molecule has 1 rings (SSSR count). The maximum atomic E-state index is 12.9. The van der Waals surface area contributed by atoms with Gasteiger partial charge in [-0.2, -0.15) is 0 Å². The zero-order valence-electron chi connectivity index (χ0n) is 8.79. The minimum atomic E-state index is -1.01. The van der Waals surface area contributed by atoms with E-state index in [4.69, 9.17) is 0 Å². The van der Waals surface area contributed by atoms with Gasteiger partial charge in [0.2, 0.25) is 0 Å². The molecule has 0 unspecified atom stereocenters. The monoisotopic (exact) mass is 288 g/mol. The van der Waals surface area contributed by atoms with E-state index in [0.717, 1.165) is 0 Å². The summed E-state index contributed by atoms with van der Waals surface area (Å²) < 4.78 is 17.8. The third-order valence-electron chi connectivity index (χ3n) is 2.12. The van der Waals surface area contributed by atoms with E-state index in [1.165, 1.54) is 32.2 Å². The summed E-state index contributed by atoms with van der Waals surface area (Å²) in [6.45, 7) is 1.29. The van der Waals surface area contributed by atoms with Crippen molar-refractivity contribution in [1.29, 1.82) is 0 Å². The van der Waals surface area contributed by atoms with Gasteiger partial charge in [0.1, 0.15) is 17.5 Å². The zero-order chi connectivity index (χ0) is 12.3. The van der Waals surface area contributed by atoms with Crippen LogP contribution >= 0.6 is 15.9 Å². The van der Waals surface area contributed by atoms with Crippen LogP contribution in [0.3, 0.4) is 0 Å². The van der Waals surface area contributed by atoms with E-state index in [1.54, 1.807) is 0 Å². The Bertz CT molecular complexity index is 431. The summed E-state index contributed by atoms with van der Waals surface area (Å²) in [5.74, 6) is -2.46. The summed E-state index contributed by atoms with van der Waals surface area (Å²) in [4.78, 5) is 22.8. The molecule has 0 N–H and O–H groups in total. The predicted molar refractivity (Wildman–Crippen MR) is 59.5 cm³/mol. The molecule has 0 spiro atoms. The highest BCUT2D eigenvalue weighted by Crippen LogP contribution is 2.27. The predicted octanol–water partition coefficient (Wildman–Crippen LogP) is 2.43. The van der Waals surface area contributed by atoms with Crippen LogP contribution in [0, 0.1) is 5.82 Å². The third kappa shape index (κ3) is 2.66. The first kappa shape index (κ1) is 12.8. The van der Waals surface area contributed by atoms with Gasteiger partial charge in [-0.3, -0.25) is 9.59 Å². The second-order valence-electron chi connectivity index (χ2n) is 3.23. The van der Waals surface area contributed by atoms with Crippen molar-refractivity contribution in [2.75, 3.05) is 7.11 Å². The summed E-state index contributed by atoms with van der Waals surface area (Å²) >= 11 is 3.11. The molecule has 86 valence electrons. The highest BCUT2D eigenvalue weighted by atomic mass is 79.9. The lowest BCUT2D eigenvalue weighted by Gasteiger charge is -2.13. The first-order chi connectivity index (χ1) is 7.47. The van der Waals surface area contributed by atoms with Crippen LogP contribution in [0.15, 0.2) is 22.7 Å². The van der Waals surface area contributed by atoms with E-state index < -0.39 is 17.7 Å². The Hall–Kier alpha value is -1.23. The lowest BCUT2D eigenvalue weighted by atomic mass is 9.95. The lowest BCUT2D eigenvalue weighted by molar-refractivity contribution is -0.145. The molecule has 0 saturated carbocycles. The molecule has 0 aliphatic rings. The second-order valence-corrected chi connectivity index (χ2v) is 4.09. The van der Waals surface area contributed by atoms with Crippen molar-refractivity contribution in [2.45, 2.75) is 12.8 Å². The number of ketones is 1. The van der Waals surface area contributed by atoms with Crippen molar-refractivity contribution in [3.8, 4) is 0 Å². The molecule has 0 saturated heterocycles. The molecule has 0 heterocycles. The molecule has 0 bridgehead atoms. The first-order valence-electron chi connectivity index (χ1n) is 4.50. The van der Waals surface area contributed by atoms with Gasteiger partial charge in [0.15, 0.2) is 0 Å². The number of hydrogen-bond acceptors (Lipinski definition) is 3. The Balaban J connectivity index is 3.21. The Kier molecular flexibility index (Phi) is 4.18. The second kappa shape index (κ2) is 5.21. The molecule has 1 atom stereocenters. The highest BCUT2D eigenvalue weighted by Gasteiger charge is 2.28. The largest absolute Gasteiger partial charge is 0.468 e. The quantitative estimate of drug-likeness (QED) is 0.634. The number of hydrogen-bond donors (Lipinski definition) is 0. The maximum Gasteiger partial charge on any atom is 0.320 e. The fourth-order valence-corrected chi connectivity index (χ4v) is 1.95. The molecule has 0 aliphatic heterocycles. The van der Waals surface area contributed by atoms with E-state index >= 15 is 0 Å². The normalized spacial score (nSPS) is 12.0. The summed E-state index contributed by atoms with van der Waals surface area (Å²) in [5, 5.41) is 0.